The topological polar surface area (TPSA) is 46.2 Å². The number of fused-ring (bicyclic) bond motifs is 1. The van der Waals surface area contributed by atoms with Gasteiger partial charge < -0.3 is 0 Å². The van der Waals surface area contributed by atoms with Crippen LogP contribution in [-0.2, 0) is 16.1 Å². The number of amides is 2. The van der Waals surface area contributed by atoms with Crippen LogP contribution in [0.5, 0.6) is 0 Å². The molecule has 1 aromatic rings. The molecule has 2 rings (SSSR count). The van der Waals surface area contributed by atoms with E-state index in [2.05, 4.69) is 5.32 Å². The monoisotopic (exact) mass is 271 g/mol. The fourth-order valence-corrected chi connectivity index (χ4v) is 2.06. The molecule has 3 nitrogen and oxygen atoms in total. The Kier molecular flexibility index (Phi) is 2.73. The number of carbonyl (C=O) groups is 2. The van der Waals surface area contributed by atoms with Gasteiger partial charge in [0.2, 0.25) is 5.91 Å². The summed E-state index contributed by atoms with van der Waals surface area (Å²) in [6.07, 6.45) is 0. The Morgan fingerprint density at radius 3 is 2.32 bits per heavy atom. The number of nitrogens with one attached hydrogen (secondary N) is 1. The molecular weight excluding hydrogens is 259 g/mol. The van der Waals surface area contributed by atoms with Gasteiger partial charge in [-0.05, 0) is 31.5 Å². The molecule has 0 bridgehead atoms. The number of alkyl halides is 2. The average Bonchev–Trinajstić information content (AvgIpc) is 2.24. The summed E-state index contributed by atoms with van der Waals surface area (Å²) in [6, 6.07) is 1.66. The van der Waals surface area contributed by atoms with Crippen molar-refractivity contribution in [1.29, 1.82) is 0 Å². The van der Waals surface area contributed by atoms with Crippen molar-refractivity contribution in [2.24, 2.45) is 0 Å². The van der Waals surface area contributed by atoms with Crippen molar-refractivity contribution in [3.63, 3.8) is 0 Å². The Labute approximate surface area is 107 Å². The molecule has 19 heavy (non-hydrogen) atoms. The van der Waals surface area contributed by atoms with Gasteiger partial charge in [0, 0.05) is 12.5 Å². The minimum atomic E-state index is -3.38. The molecule has 102 valence electrons. The molecular formula is C13H12F3NO2. The second kappa shape index (κ2) is 3.82. The normalized spacial score (nSPS) is 18.0. The van der Waals surface area contributed by atoms with Crippen LogP contribution in [0, 0.1) is 5.82 Å². The van der Waals surface area contributed by atoms with Crippen LogP contribution in [0.25, 0.3) is 0 Å². The predicted molar refractivity (Wildman–Crippen MR) is 61.5 cm³/mol. The lowest BCUT2D eigenvalue weighted by molar-refractivity contribution is -0.125. The Hall–Kier alpha value is -1.85. The van der Waals surface area contributed by atoms with Crippen molar-refractivity contribution in [2.75, 3.05) is 0 Å². The first kappa shape index (κ1) is 13.6. The van der Waals surface area contributed by atoms with E-state index in [1.165, 1.54) is 13.8 Å². The lowest BCUT2D eigenvalue weighted by Crippen LogP contribution is -2.49. The molecule has 0 saturated carbocycles. The van der Waals surface area contributed by atoms with Crippen LogP contribution >= 0.6 is 0 Å². The standard InChI is InChI=1S/C13H12F3NO2/c1-12(2)7-5-8(13(3,15)16)9(14)4-6(7)10(18)17-11(12)19/h4-5H,1-3H3,(H,17,18,19). The lowest BCUT2D eigenvalue weighted by atomic mass is 9.77. The van der Waals surface area contributed by atoms with Crippen LogP contribution in [-0.4, -0.2) is 11.8 Å². The molecule has 1 aliphatic rings. The van der Waals surface area contributed by atoms with Crippen LogP contribution in [0.15, 0.2) is 12.1 Å². The molecule has 6 heteroatoms. The van der Waals surface area contributed by atoms with Crippen LogP contribution in [0.3, 0.4) is 0 Å². The maximum absolute atomic E-state index is 13.7. The van der Waals surface area contributed by atoms with E-state index in [4.69, 9.17) is 0 Å². The smallest absolute Gasteiger partial charge is 0.273 e. The minimum absolute atomic E-state index is 0.0879. The van der Waals surface area contributed by atoms with Crippen LogP contribution < -0.4 is 5.32 Å². The fraction of sp³-hybridized carbons (Fsp3) is 0.385. The van der Waals surface area contributed by atoms with E-state index in [0.29, 0.717) is 6.92 Å². The van der Waals surface area contributed by atoms with Crippen molar-refractivity contribution in [3.05, 3.63) is 34.6 Å². The number of hydrogen-bond donors (Lipinski definition) is 1. The molecule has 0 saturated heterocycles. The van der Waals surface area contributed by atoms with Crippen molar-refractivity contribution >= 4 is 11.8 Å². The summed E-state index contributed by atoms with van der Waals surface area (Å²) < 4.78 is 40.3. The van der Waals surface area contributed by atoms with Gasteiger partial charge >= 0.3 is 0 Å². The van der Waals surface area contributed by atoms with E-state index in [0.717, 1.165) is 12.1 Å². The van der Waals surface area contributed by atoms with E-state index in [1.54, 1.807) is 0 Å². The molecule has 1 N–H and O–H groups in total. The summed E-state index contributed by atoms with van der Waals surface area (Å²) in [5.41, 5.74) is -1.96. The van der Waals surface area contributed by atoms with Crippen LogP contribution in [0.4, 0.5) is 13.2 Å². The molecule has 1 aromatic carbocycles. The highest BCUT2D eigenvalue weighted by Crippen LogP contribution is 2.37. The molecule has 0 aromatic heterocycles. The molecule has 1 heterocycles. The summed E-state index contributed by atoms with van der Waals surface area (Å²) in [4.78, 5) is 23.3. The van der Waals surface area contributed by atoms with E-state index in [9.17, 15) is 22.8 Å². The zero-order valence-electron chi connectivity index (χ0n) is 10.6. The van der Waals surface area contributed by atoms with Crippen molar-refractivity contribution in [2.45, 2.75) is 32.1 Å². The van der Waals surface area contributed by atoms with Gasteiger partial charge in [0.05, 0.1) is 11.0 Å². The second-order valence-electron chi connectivity index (χ2n) is 5.17. The SMILES string of the molecule is CC(F)(F)c1cc2c(cc1F)C(=O)NC(=O)C2(C)C. The first-order chi connectivity index (χ1) is 8.55. The van der Waals surface area contributed by atoms with E-state index < -0.39 is 34.5 Å². The maximum atomic E-state index is 13.7. The van der Waals surface area contributed by atoms with E-state index in [-0.39, 0.29) is 11.1 Å². The van der Waals surface area contributed by atoms with E-state index >= 15 is 0 Å². The highest BCUT2D eigenvalue weighted by atomic mass is 19.3. The Morgan fingerprint density at radius 1 is 1.21 bits per heavy atom. The molecule has 1 aliphatic heterocycles. The lowest BCUT2D eigenvalue weighted by Gasteiger charge is -2.31. The average molecular weight is 271 g/mol. The molecule has 0 atom stereocenters. The highest BCUT2D eigenvalue weighted by Gasteiger charge is 2.41. The fourth-order valence-electron chi connectivity index (χ4n) is 2.06. The minimum Gasteiger partial charge on any atom is -0.292 e. The van der Waals surface area contributed by atoms with Gasteiger partial charge in [-0.3, -0.25) is 14.9 Å². The van der Waals surface area contributed by atoms with Crippen molar-refractivity contribution in [1.82, 2.24) is 5.32 Å². The summed E-state index contributed by atoms with van der Waals surface area (Å²) in [7, 11) is 0. The predicted octanol–water partition coefficient (Wildman–Crippen LogP) is 2.49. The number of carbonyl (C=O) groups excluding carboxylic acids is 2. The molecule has 0 unspecified atom stereocenters. The number of halogens is 3. The quantitative estimate of drug-likeness (QED) is 0.798. The molecule has 2 amide bonds. The van der Waals surface area contributed by atoms with Gasteiger partial charge in [-0.15, -0.1) is 0 Å². The maximum Gasteiger partial charge on any atom is 0.273 e. The molecule has 0 spiro atoms. The molecule has 0 fully saturated rings. The number of hydrogen-bond acceptors (Lipinski definition) is 2. The third-order valence-corrected chi connectivity index (χ3v) is 3.29. The second-order valence-corrected chi connectivity index (χ2v) is 5.17. The Morgan fingerprint density at radius 2 is 1.79 bits per heavy atom. The summed E-state index contributed by atoms with van der Waals surface area (Å²) in [6.45, 7) is 3.54. The van der Waals surface area contributed by atoms with E-state index in [1.807, 2.05) is 0 Å². The van der Waals surface area contributed by atoms with Gasteiger partial charge in [-0.25, -0.2) is 13.2 Å². The summed E-state index contributed by atoms with van der Waals surface area (Å²) in [5, 5.41) is 2.08. The summed E-state index contributed by atoms with van der Waals surface area (Å²) in [5.74, 6) is -5.91. The Balaban J connectivity index is 2.76. The molecule has 0 radical (unpaired) electrons. The molecule has 0 aliphatic carbocycles. The van der Waals surface area contributed by atoms with Gasteiger partial charge in [0.25, 0.3) is 11.8 Å². The highest BCUT2D eigenvalue weighted by molar-refractivity contribution is 6.13. The van der Waals surface area contributed by atoms with Gasteiger partial charge in [0.15, 0.2) is 0 Å². The first-order valence-corrected chi connectivity index (χ1v) is 5.63. The van der Waals surface area contributed by atoms with Gasteiger partial charge in [-0.1, -0.05) is 0 Å². The van der Waals surface area contributed by atoms with Crippen LogP contribution in [0.2, 0.25) is 0 Å². The number of rotatable bonds is 1. The van der Waals surface area contributed by atoms with Gasteiger partial charge in [-0.2, -0.15) is 0 Å². The Bertz CT molecular complexity index is 588. The zero-order chi connectivity index (χ0) is 14.6. The first-order valence-electron chi connectivity index (χ1n) is 5.63. The zero-order valence-corrected chi connectivity index (χ0v) is 10.6. The van der Waals surface area contributed by atoms with Crippen LogP contribution in [0.1, 0.15) is 42.3 Å². The number of benzene rings is 1. The number of imide groups is 1. The van der Waals surface area contributed by atoms with Gasteiger partial charge in [0.1, 0.15) is 5.82 Å². The van der Waals surface area contributed by atoms with Crippen molar-refractivity contribution in [3.8, 4) is 0 Å². The summed E-state index contributed by atoms with van der Waals surface area (Å²) >= 11 is 0. The third kappa shape index (κ3) is 2.01. The largest absolute Gasteiger partial charge is 0.292 e. The third-order valence-electron chi connectivity index (χ3n) is 3.29. The van der Waals surface area contributed by atoms with Crippen molar-refractivity contribution < 1.29 is 22.8 Å².